The molecule has 32 N–H and O–H groups in total. The van der Waals surface area contributed by atoms with E-state index in [0.717, 1.165) is 0 Å². The largest absolute Gasteiger partial charge is 0.410 e. The summed E-state index contributed by atoms with van der Waals surface area (Å²) in [5.41, 5.74) is 42.6. The van der Waals surface area contributed by atoms with Gasteiger partial charge in [-0.2, -0.15) is 5.10 Å². The molecule has 35 heteroatoms. The van der Waals surface area contributed by atoms with E-state index in [-0.39, 0.29) is 96.7 Å². The van der Waals surface area contributed by atoms with Crippen LogP contribution in [0.1, 0.15) is 289 Å². The van der Waals surface area contributed by atoms with Crippen molar-refractivity contribution >= 4 is 82.4 Å². The van der Waals surface area contributed by atoms with Crippen LogP contribution >= 0.6 is 0 Å². The fourth-order valence-electron chi connectivity index (χ4n) is 4.71. The Hall–Kier alpha value is -7.86. The van der Waals surface area contributed by atoms with Crippen LogP contribution in [0, 0.1) is 43.8 Å². The number of hydrazine groups is 2. The number of nitrogens with zero attached hydrogens (tertiary/aromatic N) is 2. The number of rotatable bonds is 8. The van der Waals surface area contributed by atoms with E-state index >= 15 is 0 Å². The predicted octanol–water partition coefficient (Wildman–Crippen LogP) is 5.37. The van der Waals surface area contributed by atoms with Crippen LogP contribution in [0.4, 0.5) is 9.59 Å². The first-order chi connectivity index (χ1) is 45.2. The first-order valence-corrected chi connectivity index (χ1v) is 33.3. The van der Waals surface area contributed by atoms with Gasteiger partial charge in [-0.05, 0) is 138 Å². The van der Waals surface area contributed by atoms with Gasteiger partial charge < -0.3 is 83.1 Å². The molecule has 0 aromatic rings. The molecule has 0 aliphatic rings. The summed E-state index contributed by atoms with van der Waals surface area (Å²) in [4.78, 5) is 124. The van der Waals surface area contributed by atoms with Gasteiger partial charge in [0.25, 0.3) is 17.7 Å². The molecule has 0 heterocycles. The lowest BCUT2D eigenvalue weighted by Crippen LogP contribution is -2.48. The molecule has 0 rings (SSSR count). The van der Waals surface area contributed by atoms with Crippen molar-refractivity contribution in [2.24, 2.45) is 117 Å². The average Bonchev–Trinajstić information content (AvgIpc) is 0.900. The number of carbonyl (C=O) groups excluding carboxylic acids is 12. The van der Waals surface area contributed by atoms with Gasteiger partial charge in [0.1, 0.15) is 17.5 Å². The Bertz CT molecular complexity index is 2380. The Kier molecular flexibility index (Phi) is 69.3. The van der Waals surface area contributed by atoms with Crippen molar-refractivity contribution in [3.8, 4) is 0 Å². The molecule has 2 atom stereocenters. The highest BCUT2D eigenvalue weighted by atomic mass is 16.5. The first kappa shape index (κ1) is 127. The Morgan fingerprint density at radius 1 is 0.438 bits per heavy atom. The van der Waals surface area contributed by atoms with Crippen LogP contribution < -0.4 is 95.7 Å². The van der Waals surface area contributed by atoms with E-state index in [1.54, 1.807) is 88.6 Å². The van der Waals surface area contributed by atoms with Crippen molar-refractivity contribution < 1.29 is 78.2 Å². The monoisotopic (exact) mass is 1520 g/mol. The number of Topliss-reactive ketones (excluding diaryl/α,β-unsaturated/α-hetero) is 1. The topological polar surface area (TPSA) is 669 Å². The van der Waals surface area contributed by atoms with Crippen LogP contribution in [0.25, 0.3) is 0 Å². The summed E-state index contributed by atoms with van der Waals surface area (Å²) in [5.74, 6) is 10.1. The third-order valence-electron chi connectivity index (χ3n) is 9.36. The minimum atomic E-state index is -1.04. The zero-order valence-corrected chi connectivity index (χ0v) is 72.2. The lowest BCUT2D eigenvalue weighted by molar-refractivity contribution is -0.140. The van der Waals surface area contributed by atoms with Crippen LogP contribution in [0.2, 0.25) is 0 Å². The second-order valence-corrected chi connectivity index (χ2v) is 36.6. The van der Waals surface area contributed by atoms with Gasteiger partial charge in [0, 0.05) is 65.1 Å². The molecule has 0 radical (unpaired) electrons. The number of aliphatic hydroxyl groups is 2. The number of hydroxylamine groups is 1. The van der Waals surface area contributed by atoms with Crippen LogP contribution in [0.5, 0.6) is 0 Å². The highest BCUT2D eigenvalue weighted by Crippen LogP contribution is 2.24. The number of nitrogens with two attached hydrogens (primary N) is 11. The molecular formula is C70H157N19O16. The van der Waals surface area contributed by atoms with Gasteiger partial charge >= 0.3 is 12.1 Å². The summed E-state index contributed by atoms with van der Waals surface area (Å²) < 4.78 is 0. The molecule has 13 amide bonds. The smallest absolute Gasteiger partial charge is 0.329 e. The standard InChI is InChI=1S/C7H15NO.C6H12N2O2.C6H14N2O.2C6H13NO2.C6H11NO2.2C6H13NO.C5H13N3O.C5H12N2O.C4H11N.C4H10O.C3H7N3O/c1-5(6(8)9)7(2,3)4;1-6(2,3)4(8-10)5(7)9;1-6(2,3)4-5(9)8-7;1-6(2,3)4-5(8)7-9;2*1-6(2,3)4(8)5(7)9;1-6(2,3)4-5(7)8;1-5(8)7-6(2,3)4;1-5(2,3)7-4(9)8-6;1-5(2,3)7-4(6)8;2*1-4(2,3)5;1-2(6-5)3(4)7/h5H,1-4H3,(H2,8,9);10H,1-3H3,(H2,7,9);4,7H2,1-3H3,(H,8,9);9H,4H2,1-3H3,(H,7,8);4,8H,1-3H3,(H2,7,9);1-3H3,(H2,7,9);4H2,1-3H3,(H2,7,8);1-4H3,(H,7,8);6H2,1-3H3,(H2,7,8,9);1-3H3,(H3,6,7,8);5H2,1-3H3;5H,1-3H3;5H2,1H3,(H2,4,7)/b;8-4+;;;;;;;;;;;6-2-. The molecule has 0 aliphatic heterocycles. The summed E-state index contributed by atoms with van der Waals surface area (Å²) in [6.45, 7) is 72.2. The van der Waals surface area contributed by atoms with Crippen molar-refractivity contribution in [1.82, 2.24) is 32.3 Å². The van der Waals surface area contributed by atoms with Crippen LogP contribution in [-0.4, -0.2) is 137 Å². The van der Waals surface area contributed by atoms with Gasteiger partial charge in [0.15, 0.2) is 0 Å². The SMILES string of the molecule is C/C(=N/N)C(N)=O.CC(=O)NC(C)(C)C.CC(C(N)=O)C(C)(C)C.CC(C)(C)/C(=N/O)C(N)=O.CC(C)(C)C(=O)C(N)=O.CC(C)(C)C(O)C(N)=O.CC(C)(C)CC(=O)NN.CC(C)(C)CC(=O)NO.CC(C)(C)CC(N)=O.CC(C)(C)N.CC(C)(C)NC(=O)NN.CC(C)(C)NC(N)=O.CC(C)(C)O. The van der Waals surface area contributed by atoms with E-state index < -0.39 is 63.4 Å². The quantitative estimate of drug-likeness (QED) is 0.0276. The van der Waals surface area contributed by atoms with Crippen molar-refractivity contribution in [1.29, 1.82) is 0 Å². The van der Waals surface area contributed by atoms with Gasteiger partial charge in [0.05, 0.1) is 5.60 Å². The van der Waals surface area contributed by atoms with E-state index in [1.807, 2.05) is 179 Å². The highest BCUT2D eigenvalue weighted by molar-refractivity contribution is 6.40. The van der Waals surface area contributed by atoms with Crippen molar-refractivity contribution in [3.63, 3.8) is 0 Å². The number of oxime groups is 1. The number of hydrogen-bond donors (Lipinski definition) is 21. The molecule has 628 valence electrons. The molecule has 2 unspecified atom stereocenters. The molecule has 0 aliphatic carbocycles. The zero-order valence-electron chi connectivity index (χ0n) is 72.2. The number of amides is 13. The maximum atomic E-state index is 10.7. The number of hydrazone groups is 1. The molecule has 0 aromatic carbocycles. The van der Waals surface area contributed by atoms with Gasteiger partial charge in [-0.15, -0.1) is 0 Å². The number of nitrogens with one attached hydrogen (secondary N) is 6. The molecule has 0 spiro atoms. The molecule has 0 fully saturated rings. The number of primary amides is 7. The third kappa shape index (κ3) is 147. The number of hydrogen-bond acceptors (Lipinski definition) is 22. The normalized spacial score (nSPS) is 12.0. The van der Waals surface area contributed by atoms with Crippen LogP contribution in [-0.2, 0) is 47.9 Å². The minimum Gasteiger partial charge on any atom is -0.410 e. The Morgan fingerprint density at radius 2 is 0.743 bits per heavy atom. The summed E-state index contributed by atoms with van der Waals surface area (Å²) >= 11 is 0. The molecule has 0 aromatic heterocycles. The molecule has 0 saturated carbocycles. The Morgan fingerprint density at radius 3 is 0.771 bits per heavy atom. The van der Waals surface area contributed by atoms with Crippen LogP contribution in [0.3, 0.4) is 0 Å². The van der Waals surface area contributed by atoms with E-state index in [4.69, 9.17) is 78.2 Å². The van der Waals surface area contributed by atoms with Crippen molar-refractivity contribution in [2.45, 2.75) is 323 Å². The third-order valence-corrected chi connectivity index (χ3v) is 9.36. The lowest BCUT2D eigenvalue weighted by atomic mass is 9.82. The fourth-order valence-corrected chi connectivity index (χ4v) is 4.71. The van der Waals surface area contributed by atoms with E-state index in [2.05, 4.69) is 37.5 Å². The Labute approximate surface area is 631 Å². The van der Waals surface area contributed by atoms with Gasteiger partial charge in [-0.3, -0.25) is 64.0 Å². The number of carbonyl (C=O) groups is 12. The molecule has 105 heavy (non-hydrogen) atoms. The minimum absolute atomic E-state index is 0. The predicted molar refractivity (Wildman–Crippen MR) is 422 cm³/mol. The summed E-state index contributed by atoms with van der Waals surface area (Å²) in [7, 11) is 0. The Balaban J connectivity index is -0.0000000797. The van der Waals surface area contributed by atoms with E-state index in [9.17, 15) is 57.5 Å². The highest BCUT2D eigenvalue weighted by Gasteiger charge is 2.28. The second kappa shape index (κ2) is 57.4. The van der Waals surface area contributed by atoms with Gasteiger partial charge in [-0.1, -0.05) is 157 Å². The van der Waals surface area contributed by atoms with Crippen molar-refractivity contribution in [2.75, 3.05) is 0 Å². The van der Waals surface area contributed by atoms with Crippen LogP contribution in [0.15, 0.2) is 10.3 Å². The maximum absolute atomic E-state index is 10.7. The number of ketones is 1. The van der Waals surface area contributed by atoms with Gasteiger partial charge in [-0.25, -0.2) is 26.8 Å². The van der Waals surface area contributed by atoms with Gasteiger partial charge in [0.2, 0.25) is 41.2 Å². The molecular weight excluding hydrogens is 1360 g/mol. The first-order valence-electron chi connectivity index (χ1n) is 33.3. The summed E-state index contributed by atoms with van der Waals surface area (Å²) in [6.07, 6.45) is 0.248. The number of urea groups is 2. The molecule has 35 nitrogen and oxygen atoms in total. The lowest BCUT2D eigenvalue weighted by Gasteiger charge is -2.23. The summed E-state index contributed by atoms with van der Waals surface area (Å²) in [5, 5.41) is 47.6. The van der Waals surface area contributed by atoms with E-state index in [1.165, 1.54) is 13.8 Å². The fraction of sp³-hybridized carbons (Fsp3) is 0.800. The molecule has 0 saturated heterocycles. The maximum Gasteiger partial charge on any atom is 0.329 e. The van der Waals surface area contributed by atoms with Crippen molar-refractivity contribution in [3.05, 3.63) is 0 Å². The number of aliphatic hydroxyl groups excluding tert-OH is 1. The second-order valence-electron chi connectivity index (χ2n) is 36.6. The average molecular weight is 1520 g/mol. The summed E-state index contributed by atoms with van der Waals surface area (Å²) in [6, 6.07) is -0.833. The zero-order chi connectivity index (χ0) is 89.0. The molecule has 0 bridgehead atoms. The van der Waals surface area contributed by atoms with E-state index in [0.29, 0.717) is 19.3 Å².